The smallest absolute Gasteiger partial charge is 0.343 e. The first-order chi connectivity index (χ1) is 9.17. The summed E-state index contributed by atoms with van der Waals surface area (Å²) in [5.74, 6) is 0.303. The van der Waals surface area contributed by atoms with Crippen LogP contribution in [0.25, 0.3) is 0 Å². The van der Waals surface area contributed by atoms with Crippen molar-refractivity contribution in [3.05, 3.63) is 16.8 Å². The number of nitrogens with zero attached hydrogens (tertiary/aromatic N) is 4. The molecule has 0 atom stereocenters. The number of nitrogens with one attached hydrogen (secondary N) is 1. The first-order valence-electron chi connectivity index (χ1n) is 5.64. The zero-order valence-electron chi connectivity index (χ0n) is 10.6. The predicted octanol–water partition coefficient (Wildman–Crippen LogP) is 0.513. The van der Waals surface area contributed by atoms with Gasteiger partial charge in [-0.3, -0.25) is 4.57 Å². The molecule has 9 heteroatoms. The lowest BCUT2D eigenvalue weighted by molar-refractivity contribution is 0.397. The van der Waals surface area contributed by atoms with Crippen LogP contribution in [-0.2, 0) is 6.54 Å². The highest BCUT2D eigenvalue weighted by Gasteiger charge is 2.14. The molecular formula is C10H14N6O2S. The van der Waals surface area contributed by atoms with E-state index in [1.54, 1.807) is 4.57 Å². The molecular weight excluding hydrogens is 268 g/mol. The van der Waals surface area contributed by atoms with Crippen LogP contribution in [0, 0.1) is 0 Å². The molecule has 0 bridgehead atoms. The van der Waals surface area contributed by atoms with Gasteiger partial charge in [-0.2, -0.15) is 4.98 Å². The number of aromatic amines is 1. The molecule has 2 rings (SSSR count). The van der Waals surface area contributed by atoms with Crippen molar-refractivity contribution < 1.29 is 4.74 Å². The van der Waals surface area contributed by atoms with Crippen molar-refractivity contribution in [2.24, 2.45) is 0 Å². The van der Waals surface area contributed by atoms with Crippen molar-refractivity contribution in [3.63, 3.8) is 0 Å². The summed E-state index contributed by atoms with van der Waals surface area (Å²) < 4.78 is 6.56. The molecule has 2 heterocycles. The lowest BCUT2D eigenvalue weighted by Crippen LogP contribution is -2.17. The molecule has 0 saturated carbocycles. The largest absolute Gasteiger partial charge is 0.479 e. The Labute approximate surface area is 113 Å². The number of H-pyrrole nitrogens is 1. The van der Waals surface area contributed by atoms with Crippen LogP contribution in [0.15, 0.2) is 21.3 Å². The fourth-order valence-electron chi connectivity index (χ4n) is 1.50. The van der Waals surface area contributed by atoms with Gasteiger partial charge in [0.15, 0.2) is 5.16 Å². The van der Waals surface area contributed by atoms with Crippen molar-refractivity contribution in [1.29, 1.82) is 0 Å². The number of hydrogen-bond acceptors (Lipinski definition) is 7. The van der Waals surface area contributed by atoms with Gasteiger partial charge in [0.2, 0.25) is 5.88 Å². The molecule has 0 radical (unpaired) electrons. The third-order valence-corrected chi connectivity index (χ3v) is 3.38. The number of nitrogens with two attached hydrogens (primary N) is 1. The highest BCUT2D eigenvalue weighted by Crippen LogP contribution is 2.32. The SMILES string of the molecule is CCCn1c(Sc2ncnc(OC)c2N)n[nH]c1=O. The average Bonchev–Trinajstić information content (AvgIpc) is 2.74. The monoisotopic (exact) mass is 282 g/mol. The van der Waals surface area contributed by atoms with Crippen LogP contribution in [0.5, 0.6) is 5.88 Å². The van der Waals surface area contributed by atoms with Crippen molar-refractivity contribution in [2.45, 2.75) is 30.1 Å². The first-order valence-corrected chi connectivity index (χ1v) is 6.46. The summed E-state index contributed by atoms with van der Waals surface area (Å²) in [6.45, 7) is 2.57. The minimum absolute atomic E-state index is 0.246. The van der Waals surface area contributed by atoms with Crippen molar-refractivity contribution in [1.82, 2.24) is 24.7 Å². The summed E-state index contributed by atoms with van der Waals surface area (Å²) in [6, 6.07) is 0. The normalized spacial score (nSPS) is 10.6. The second-order valence-corrected chi connectivity index (χ2v) is 4.62. The van der Waals surface area contributed by atoms with Gasteiger partial charge in [0.1, 0.15) is 17.0 Å². The molecule has 0 unspecified atom stereocenters. The third kappa shape index (κ3) is 2.70. The quantitative estimate of drug-likeness (QED) is 0.768. The van der Waals surface area contributed by atoms with Gasteiger partial charge in [-0.05, 0) is 18.2 Å². The number of nitrogen functional groups attached to an aromatic ring is 1. The van der Waals surface area contributed by atoms with Gasteiger partial charge in [0.25, 0.3) is 0 Å². The van der Waals surface area contributed by atoms with Crippen LogP contribution >= 0.6 is 11.8 Å². The Hall–Kier alpha value is -2.03. The standard InChI is InChI=1S/C10H14N6O2S/c1-3-4-16-9(17)14-15-10(16)19-8-6(11)7(18-2)12-5-13-8/h5H,3-4,11H2,1-2H3,(H,14,17). The van der Waals surface area contributed by atoms with Crippen molar-refractivity contribution in [2.75, 3.05) is 12.8 Å². The van der Waals surface area contributed by atoms with E-state index in [4.69, 9.17) is 10.5 Å². The maximum Gasteiger partial charge on any atom is 0.343 e. The Balaban J connectivity index is 2.34. The molecule has 102 valence electrons. The molecule has 2 aromatic rings. The molecule has 3 N–H and O–H groups in total. The molecule has 0 spiro atoms. The van der Waals surface area contributed by atoms with Crippen LogP contribution in [0.2, 0.25) is 0 Å². The number of aromatic nitrogens is 5. The minimum atomic E-state index is -0.246. The van der Waals surface area contributed by atoms with Crippen LogP contribution in [0.1, 0.15) is 13.3 Å². The molecule has 19 heavy (non-hydrogen) atoms. The van der Waals surface area contributed by atoms with Crippen LogP contribution in [0.3, 0.4) is 0 Å². The fraction of sp³-hybridized carbons (Fsp3) is 0.400. The van der Waals surface area contributed by atoms with Gasteiger partial charge in [0, 0.05) is 6.54 Å². The highest BCUT2D eigenvalue weighted by molar-refractivity contribution is 7.99. The Morgan fingerprint density at radius 3 is 3.00 bits per heavy atom. The first kappa shape index (κ1) is 13.4. The summed E-state index contributed by atoms with van der Waals surface area (Å²) >= 11 is 1.20. The summed E-state index contributed by atoms with van der Waals surface area (Å²) in [5.41, 5.74) is 5.96. The number of rotatable bonds is 5. The maximum absolute atomic E-state index is 11.6. The Kier molecular flexibility index (Phi) is 4.05. The van der Waals surface area contributed by atoms with E-state index in [-0.39, 0.29) is 5.69 Å². The Morgan fingerprint density at radius 1 is 1.53 bits per heavy atom. The van der Waals surface area contributed by atoms with E-state index in [9.17, 15) is 4.79 Å². The number of anilines is 1. The second kappa shape index (κ2) is 5.74. The predicted molar refractivity (Wildman–Crippen MR) is 70.3 cm³/mol. The van der Waals surface area contributed by atoms with Crippen LogP contribution in [-0.4, -0.2) is 31.8 Å². The molecule has 0 aliphatic carbocycles. The third-order valence-electron chi connectivity index (χ3n) is 2.36. The van der Waals surface area contributed by atoms with Crippen LogP contribution < -0.4 is 16.2 Å². The number of methoxy groups -OCH3 is 1. The van der Waals surface area contributed by atoms with Crippen molar-refractivity contribution >= 4 is 17.4 Å². The number of ether oxygens (including phenoxy) is 1. The average molecular weight is 282 g/mol. The second-order valence-electron chi connectivity index (χ2n) is 3.67. The Morgan fingerprint density at radius 2 is 2.32 bits per heavy atom. The lowest BCUT2D eigenvalue weighted by atomic mass is 10.5. The topological polar surface area (TPSA) is 112 Å². The molecule has 0 aliphatic rings. The van der Waals surface area contributed by atoms with Crippen LogP contribution in [0.4, 0.5) is 5.69 Å². The molecule has 0 aliphatic heterocycles. The molecule has 2 aromatic heterocycles. The van der Waals surface area contributed by atoms with Gasteiger partial charge in [-0.15, -0.1) is 5.10 Å². The zero-order chi connectivity index (χ0) is 13.8. The molecule has 0 fully saturated rings. The molecule has 8 nitrogen and oxygen atoms in total. The van der Waals surface area contributed by atoms with E-state index >= 15 is 0 Å². The van der Waals surface area contributed by atoms with Gasteiger partial charge in [-0.25, -0.2) is 14.9 Å². The van der Waals surface area contributed by atoms with Gasteiger partial charge in [-0.1, -0.05) is 6.92 Å². The summed E-state index contributed by atoms with van der Waals surface area (Å²) in [5, 5.41) is 7.39. The van der Waals surface area contributed by atoms with E-state index in [0.717, 1.165) is 6.42 Å². The van der Waals surface area contributed by atoms with E-state index in [1.807, 2.05) is 6.92 Å². The molecule has 0 saturated heterocycles. The highest BCUT2D eigenvalue weighted by atomic mass is 32.2. The minimum Gasteiger partial charge on any atom is -0.479 e. The molecule has 0 aromatic carbocycles. The maximum atomic E-state index is 11.6. The number of hydrogen-bond donors (Lipinski definition) is 2. The van der Waals surface area contributed by atoms with Gasteiger partial charge in [0.05, 0.1) is 7.11 Å². The van der Waals surface area contributed by atoms with E-state index in [0.29, 0.717) is 28.3 Å². The fourth-order valence-corrected chi connectivity index (χ4v) is 2.34. The Bertz CT molecular complexity index is 623. The summed E-state index contributed by atoms with van der Waals surface area (Å²) in [7, 11) is 1.48. The summed E-state index contributed by atoms with van der Waals surface area (Å²) in [4.78, 5) is 19.5. The van der Waals surface area contributed by atoms with E-state index in [1.165, 1.54) is 25.2 Å². The zero-order valence-corrected chi connectivity index (χ0v) is 11.4. The molecule has 0 amide bonds. The van der Waals surface area contributed by atoms with Crippen molar-refractivity contribution in [3.8, 4) is 5.88 Å². The van der Waals surface area contributed by atoms with E-state index in [2.05, 4.69) is 20.2 Å². The lowest BCUT2D eigenvalue weighted by Gasteiger charge is -2.07. The van der Waals surface area contributed by atoms with Gasteiger partial charge < -0.3 is 10.5 Å². The van der Waals surface area contributed by atoms with Gasteiger partial charge >= 0.3 is 5.69 Å². The summed E-state index contributed by atoms with van der Waals surface area (Å²) in [6.07, 6.45) is 2.18. The van der Waals surface area contributed by atoms with E-state index < -0.39 is 0 Å².